The van der Waals surface area contributed by atoms with Crippen LogP contribution in [-0.2, 0) is 6.42 Å². The number of fused-ring (bicyclic) bond motifs is 1. The Morgan fingerprint density at radius 1 is 1.58 bits per heavy atom. The molecule has 6 heteroatoms. The summed E-state index contributed by atoms with van der Waals surface area (Å²) >= 11 is 3.41. The third-order valence-electron chi connectivity index (χ3n) is 3.47. The second-order valence-corrected chi connectivity index (χ2v) is 5.70. The Kier molecular flexibility index (Phi) is 3.28. The van der Waals surface area contributed by atoms with Crippen molar-refractivity contribution in [3.63, 3.8) is 0 Å². The molecule has 19 heavy (non-hydrogen) atoms. The van der Waals surface area contributed by atoms with Gasteiger partial charge in [-0.25, -0.2) is 9.78 Å². The zero-order chi connectivity index (χ0) is 13.4. The molecule has 1 unspecified atom stereocenters. The van der Waals surface area contributed by atoms with Crippen molar-refractivity contribution in [2.75, 3.05) is 6.54 Å². The summed E-state index contributed by atoms with van der Waals surface area (Å²) in [6.45, 7) is 1.03. The summed E-state index contributed by atoms with van der Waals surface area (Å²) in [4.78, 5) is 15.5. The highest BCUT2D eigenvalue weighted by atomic mass is 79.9. The Bertz CT molecular complexity index is 632. The maximum absolute atomic E-state index is 11.2. The van der Waals surface area contributed by atoms with Gasteiger partial charge in [0, 0.05) is 23.1 Å². The molecule has 0 aromatic carbocycles. The highest BCUT2D eigenvalue weighted by Crippen LogP contribution is 2.20. The Balaban J connectivity index is 2.06. The Labute approximate surface area is 118 Å². The molecule has 1 fully saturated rings. The summed E-state index contributed by atoms with van der Waals surface area (Å²) in [7, 11) is 0. The van der Waals surface area contributed by atoms with Gasteiger partial charge in [-0.1, -0.05) is 0 Å². The minimum atomic E-state index is -0.981. The number of halogens is 1. The van der Waals surface area contributed by atoms with Crippen LogP contribution < -0.4 is 5.32 Å². The quantitative estimate of drug-likeness (QED) is 0.907. The van der Waals surface area contributed by atoms with E-state index in [4.69, 9.17) is 0 Å². The standard InChI is InChI=1S/C13H14BrN3O2/c14-8-3-4-10-12(13(18)19)16-11(17(10)7-8)6-9-2-1-5-15-9/h3-4,7,9,15H,1-2,5-6H2,(H,18,19). The van der Waals surface area contributed by atoms with Crippen LogP contribution in [0.15, 0.2) is 22.8 Å². The van der Waals surface area contributed by atoms with Gasteiger partial charge in [0.1, 0.15) is 5.82 Å². The number of hydrogen-bond donors (Lipinski definition) is 2. The summed E-state index contributed by atoms with van der Waals surface area (Å²) < 4.78 is 2.78. The number of aromatic nitrogens is 2. The third-order valence-corrected chi connectivity index (χ3v) is 3.94. The summed E-state index contributed by atoms with van der Waals surface area (Å²) in [5.74, 6) is -0.182. The maximum atomic E-state index is 11.2. The van der Waals surface area contributed by atoms with E-state index < -0.39 is 5.97 Å². The molecule has 0 spiro atoms. The van der Waals surface area contributed by atoms with Crippen molar-refractivity contribution in [3.8, 4) is 0 Å². The average Bonchev–Trinajstić information content (AvgIpc) is 2.98. The van der Waals surface area contributed by atoms with E-state index in [1.165, 1.54) is 6.42 Å². The van der Waals surface area contributed by atoms with E-state index >= 15 is 0 Å². The number of aromatic carboxylic acids is 1. The van der Waals surface area contributed by atoms with E-state index in [0.717, 1.165) is 29.7 Å². The molecule has 0 amide bonds. The number of carboxylic acids is 1. The Hall–Kier alpha value is -1.40. The number of nitrogens with one attached hydrogen (secondary N) is 1. The van der Waals surface area contributed by atoms with Gasteiger partial charge in [0.15, 0.2) is 5.69 Å². The van der Waals surface area contributed by atoms with Crippen molar-refractivity contribution in [2.45, 2.75) is 25.3 Å². The van der Waals surface area contributed by atoms with Gasteiger partial charge in [0.05, 0.1) is 5.52 Å². The van der Waals surface area contributed by atoms with Gasteiger partial charge in [0.25, 0.3) is 0 Å². The lowest BCUT2D eigenvalue weighted by molar-refractivity contribution is 0.0693. The van der Waals surface area contributed by atoms with E-state index in [-0.39, 0.29) is 5.69 Å². The van der Waals surface area contributed by atoms with Crippen LogP contribution in [0.25, 0.3) is 5.52 Å². The highest BCUT2D eigenvalue weighted by molar-refractivity contribution is 9.10. The second kappa shape index (κ2) is 4.94. The minimum Gasteiger partial charge on any atom is -0.476 e. The predicted molar refractivity (Wildman–Crippen MR) is 74.6 cm³/mol. The summed E-state index contributed by atoms with van der Waals surface area (Å²) in [6.07, 6.45) is 4.92. The van der Waals surface area contributed by atoms with E-state index in [1.807, 2.05) is 16.7 Å². The largest absolute Gasteiger partial charge is 0.476 e. The number of rotatable bonds is 3. The number of carboxylic acid groups (broad SMARTS) is 1. The van der Waals surface area contributed by atoms with Gasteiger partial charge < -0.3 is 14.8 Å². The molecule has 3 heterocycles. The average molecular weight is 324 g/mol. The van der Waals surface area contributed by atoms with E-state index in [1.54, 1.807) is 6.07 Å². The molecule has 0 radical (unpaired) electrons. The molecule has 0 saturated carbocycles. The van der Waals surface area contributed by atoms with Crippen LogP contribution in [0, 0.1) is 0 Å². The van der Waals surface area contributed by atoms with Crippen molar-refractivity contribution in [1.29, 1.82) is 0 Å². The van der Waals surface area contributed by atoms with Gasteiger partial charge in [-0.3, -0.25) is 0 Å². The zero-order valence-corrected chi connectivity index (χ0v) is 11.9. The molecular formula is C13H14BrN3O2. The maximum Gasteiger partial charge on any atom is 0.356 e. The number of pyridine rings is 1. The molecule has 5 nitrogen and oxygen atoms in total. The van der Waals surface area contributed by atoms with Crippen molar-refractivity contribution in [3.05, 3.63) is 34.3 Å². The molecular weight excluding hydrogens is 310 g/mol. The normalized spacial score (nSPS) is 19.1. The van der Waals surface area contributed by atoms with Crippen LogP contribution in [0.5, 0.6) is 0 Å². The molecule has 2 aromatic rings. The highest BCUT2D eigenvalue weighted by Gasteiger charge is 2.21. The van der Waals surface area contributed by atoms with E-state index in [2.05, 4.69) is 26.2 Å². The number of imidazole rings is 1. The van der Waals surface area contributed by atoms with Gasteiger partial charge in [-0.2, -0.15) is 0 Å². The molecule has 100 valence electrons. The molecule has 0 aliphatic carbocycles. The summed E-state index contributed by atoms with van der Waals surface area (Å²) in [6, 6.07) is 4.01. The minimum absolute atomic E-state index is 0.125. The lowest BCUT2D eigenvalue weighted by Gasteiger charge is -2.08. The van der Waals surface area contributed by atoms with Crippen LogP contribution in [0.3, 0.4) is 0 Å². The first-order valence-corrected chi connectivity index (χ1v) is 7.07. The fourth-order valence-electron chi connectivity index (χ4n) is 2.57. The van der Waals surface area contributed by atoms with Crippen LogP contribution in [0.1, 0.15) is 29.2 Å². The predicted octanol–water partition coefficient (Wildman–Crippen LogP) is 2.09. The molecule has 0 bridgehead atoms. The van der Waals surface area contributed by atoms with Crippen molar-refractivity contribution < 1.29 is 9.90 Å². The van der Waals surface area contributed by atoms with E-state index in [9.17, 15) is 9.90 Å². The topological polar surface area (TPSA) is 66.6 Å². The first-order valence-electron chi connectivity index (χ1n) is 6.28. The molecule has 1 aliphatic heterocycles. The molecule has 3 rings (SSSR count). The Morgan fingerprint density at radius 2 is 2.42 bits per heavy atom. The second-order valence-electron chi connectivity index (χ2n) is 4.78. The number of hydrogen-bond acceptors (Lipinski definition) is 3. The molecule has 1 saturated heterocycles. The zero-order valence-electron chi connectivity index (χ0n) is 10.3. The van der Waals surface area contributed by atoms with Crippen molar-refractivity contribution in [1.82, 2.24) is 14.7 Å². The Morgan fingerprint density at radius 3 is 3.11 bits per heavy atom. The third kappa shape index (κ3) is 2.37. The monoisotopic (exact) mass is 323 g/mol. The number of nitrogens with zero attached hydrogens (tertiary/aromatic N) is 2. The van der Waals surface area contributed by atoms with Gasteiger partial charge in [-0.15, -0.1) is 0 Å². The van der Waals surface area contributed by atoms with E-state index in [0.29, 0.717) is 11.6 Å². The summed E-state index contributed by atoms with van der Waals surface area (Å²) in [5, 5.41) is 12.6. The van der Waals surface area contributed by atoms with Crippen LogP contribution in [0.4, 0.5) is 0 Å². The van der Waals surface area contributed by atoms with Crippen molar-refractivity contribution >= 4 is 27.4 Å². The molecule has 2 N–H and O–H groups in total. The number of carbonyl (C=O) groups is 1. The van der Waals surface area contributed by atoms with Gasteiger partial charge >= 0.3 is 5.97 Å². The van der Waals surface area contributed by atoms with Crippen LogP contribution in [-0.4, -0.2) is 33.0 Å². The lowest BCUT2D eigenvalue weighted by Crippen LogP contribution is -2.24. The molecule has 2 aromatic heterocycles. The lowest BCUT2D eigenvalue weighted by atomic mass is 10.1. The van der Waals surface area contributed by atoms with Gasteiger partial charge in [0.2, 0.25) is 0 Å². The summed E-state index contributed by atoms with van der Waals surface area (Å²) in [5.41, 5.74) is 0.768. The van der Waals surface area contributed by atoms with Crippen LogP contribution >= 0.6 is 15.9 Å². The fourth-order valence-corrected chi connectivity index (χ4v) is 2.91. The SMILES string of the molecule is O=C(O)c1nc(CC2CCCN2)n2cc(Br)ccc12. The molecule has 1 aliphatic rings. The fraction of sp³-hybridized carbons (Fsp3) is 0.385. The van der Waals surface area contributed by atoms with Crippen LogP contribution in [0.2, 0.25) is 0 Å². The smallest absolute Gasteiger partial charge is 0.356 e. The van der Waals surface area contributed by atoms with Gasteiger partial charge in [-0.05, 0) is 47.4 Å². The first-order chi connectivity index (χ1) is 9.15. The molecule has 1 atom stereocenters. The van der Waals surface area contributed by atoms with Crippen molar-refractivity contribution in [2.24, 2.45) is 0 Å². The first kappa shape index (κ1) is 12.6.